The van der Waals surface area contributed by atoms with Crippen LogP contribution in [-0.4, -0.2) is 16.6 Å². The van der Waals surface area contributed by atoms with Crippen molar-refractivity contribution in [1.82, 2.24) is 10.3 Å². The highest BCUT2D eigenvalue weighted by molar-refractivity contribution is 7.80. The van der Waals surface area contributed by atoms with E-state index in [1.165, 1.54) is 5.56 Å². The lowest BCUT2D eigenvalue weighted by molar-refractivity contribution is 0.873. The van der Waals surface area contributed by atoms with Gasteiger partial charge in [0.15, 0.2) is 5.11 Å². The predicted molar refractivity (Wildman–Crippen MR) is 83.3 cm³/mol. The minimum absolute atomic E-state index is 0.469. The highest BCUT2D eigenvalue weighted by atomic mass is 32.1. The molecule has 2 N–H and O–H groups in total. The van der Waals surface area contributed by atoms with Crippen LogP contribution in [0.5, 0.6) is 0 Å². The summed E-state index contributed by atoms with van der Waals surface area (Å²) < 4.78 is 0. The smallest absolute Gasteiger partial charge is 0.171 e. The van der Waals surface area contributed by atoms with Gasteiger partial charge in [-0.15, -0.1) is 0 Å². The van der Waals surface area contributed by atoms with Crippen molar-refractivity contribution in [3.05, 3.63) is 59.8 Å². The van der Waals surface area contributed by atoms with Crippen LogP contribution in [0.1, 0.15) is 11.1 Å². The molecule has 0 amide bonds. The number of nitrogens with zero attached hydrogens (tertiary/aromatic N) is 2. The summed E-state index contributed by atoms with van der Waals surface area (Å²) in [4.78, 5) is 4.09. The summed E-state index contributed by atoms with van der Waals surface area (Å²) in [5.74, 6) is 0.479. The van der Waals surface area contributed by atoms with Gasteiger partial charge in [-0.1, -0.05) is 30.3 Å². The molecule has 0 saturated carbocycles. The van der Waals surface area contributed by atoms with Crippen molar-refractivity contribution in [3.63, 3.8) is 0 Å². The Labute approximate surface area is 123 Å². The van der Waals surface area contributed by atoms with E-state index in [0.29, 0.717) is 16.5 Å². The molecule has 0 fully saturated rings. The normalized spacial score (nSPS) is 9.55. The van der Waals surface area contributed by atoms with Gasteiger partial charge in [-0.25, -0.2) is 4.98 Å². The van der Waals surface area contributed by atoms with E-state index in [2.05, 4.69) is 33.8 Å². The fraction of sp³-hybridized carbons (Fsp3) is 0.133. The lowest BCUT2D eigenvalue weighted by Crippen LogP contribution is -2.30. The van der Waals surface area contributed by atoms with E-state index in [-0.39, 0.29) is 0 Å². The summed E-state index contributed by atoms with van der Waals surface area (Å²) in [6.07, 6.45) is 2.51. The maximum atomic E-state index is 8.96. The number of rotatable bonds is 4. The Bertz CT molecular complexity index is 619. The summed E-state index contributed by atoms with van der Waals surface area (Å²) in [7, 11) is 0. The van der Waals surface area contributed by atoms with Crippen molar-refractivity contribution in [2.75, 3.05) is 11.9 Å². The Morgan fingerprint density at radius 1 is 1.20 bits per heavy atom. The van der Waals surface area contributed by atoms with Crippen LogP contribution in [-0.2, 0) is 6.42 Å². The first-order valence-electron chi connectivity index (χ1n) is 6.23. The maximum Gasteiger partial charge on any atom is 0.171 e. The Balaban J connectivity index is 1.83. The van der Waals surface area contributed by atoms with E-state index in [1.54, 1.807) is 18.3 Å². The third-order valence-electron chi connectivity index (χ3n) is 2.70. The van der Waals surface area contributed by atoms with Crippen molar-refractivity contribution < 1.29 is 0 Å². The lowest BCUT2D eigenvalue weighted by Gasteiger charge is -2.10. The van der Waals surface area contributed by atoms with Crippen LogP contribution in [0, 0.1) is 11.3 Å². The molecule has 0 saturated heterocycles. The maximum absolute atomic E-state index is 8.96. The van der Waals surface area contributed by atoms with Crippen molar-refractivity contribution in [2.45, 2.75) is 6.42 Å². The molecular weight excluding hydrogens is 268 g/mol. The number of pyridine rings is 1. The molecule has 0 spiro atoms. The Morgan fingerprint density at radius 3 is 2.75 bits per heavy atom. The molecule has 1 aromatic heterocycles. The molecule has 2 rings (SSSR count). The van der Waals surface area contributed by atoms with Crippen LogP contribution in [0.3, 0.4) is 0 Å². The van der Waals surface area contributed by atoms with Crippen LogP contribution >= 0.6 is 12.2 Å². The monoisotopic (exact) mass is 282 g/mol. The highest BCUT2D eigenvalue weighted by Crippen LogP contribution is 2.09. The lowest BCUT2D eigenvalue weighted by atomic mass is 10.1. The van der Waals surface area contributed by atoms with Gasteiger partial charge in [0.05, 0.1) is 5.56 Å². The molecule has 20 heavy (non-hydrogen) atoms. The predicted octanol–water partition coefficient (Wildman–Crippen LogP) is 2.48. The van der Waals surface area contributed by atoms with E-state index < -0.39 is 0 Å². The largest absolute Gasteiger partial charge is 0.362 e. The van der Waals surface area contributed by atoms with Gasteiger partial charge in [-0.3, -0.25) is 0 Å². The van der Waals surface area contributed by atoms with Crippen LogP contribution in [0.4, 0.5) is 5.82 Å². The molecule has 0 aliphatic carbocycles. The van der Waals surface area contributed by atoms with E-state index >= 15 is 0 Å². The number of anilines is 1. The van der Waals surface area contributed by atoms with Crippen LogP contribution < -0.4 is 10.6 Å². The SMILES string of the molecule is N#Cc1cccnc1NC(=S)NCCc1ccccc1. The fourth-order valence-electron chi connectivity index (χ4n) is 1.71. The second kappa shape index (κ2) is 7.22. The highest BCUT2D eigenvalue weighted by Gasteiger charge is 2.04. The number of hydrogen-bond acceptors (Lipinski definition) is 3. The van der Waals surface area contributed by atoms with Gasteiger partial charge in [-0.05, 0) is 36.3 Å². The number of hydrogen-bond donors (Lipinski definition) is 2. The van der Waals surface area contributed by atoms with Gasteiger partial charge in [0.2, 0.25) is 0 Å². The van der Waals surface area contributed by atoms with Crippen LogP contribution in [0.15, 0.2) is 48.7 Å². The second-order valence-corrected chi connectivity index (χ2v) is 4.54. The Hall–Kier alpha value is -2.45. The molecule has 0 bridgehead atoms. The molecule has 0 aliphatic heterocycles. The van der Waals surface area contributed by atoms with Crippen molar-refractivity contribution in [1.29, 1.82) is 5.26 Å². The van der Waals surface area contributed by atoms with E-state index in [4.69, 9.17) is 17.5 Å². The molecule has 100 valence electrons. The zero-order valence-electron chi connectivity index (χ0n) is 10.8. The molecule has 0 atom stereocenters. The van der Waals surface area contributed by atoms with Gasteiger partial charge in [0.25, 0.3) is 0 Å². The van der Waals surface area contributed by atoms with Crippen molar-refractivity contribution in [3.8, 4) is 6.07 Å². The van der Waals surface area contributed by atoms with Gasteiger partial charge >= 0.3 is 0 Å². The van der Waals surface area contributed by atoms with Gasteiger partial charge in [-0.2, -0.15) is 5.26 Å². The third-order valence-corrected chi connectivity index (χ3v) is 2.95. The first kappa shape index (κ1) is 14.0. The van der Waals surface area contributed by atoms with E-state index in [0.717, 1.165) is 13.0 Å². The number of aromatic nitrogens is 1. The van der Waals surface area contributed by atoms with E-state index in [1.807, 2.05) is 18.2 Å². The summed E-state index contributed by atoms with van der Waals surface area (Å²) in [5, 5.41) is 15.5. The van der Waals surface area contributed by atoms with E-state index in [9.17, 15) is 0 Å². The number of thiocarbonyl (C=S) groups is 1. The molecule has 5 heteroatoms. The zero-order valence-corrected chi connectivity index (χ0v) is 11.7. The molecular formula is C15H14N4S. The van der Waals surface area contributed by atoms with Crippen molar-refractivity contribution in [2.24, 2.45) is 0 Å². The molecule has 0 unspecified atom stereocenters. The van der Waals surface area contributed by atoms with Gasteiger partial charge in [0.1, 0.15) is 11.9 Å². The molecule has 1 aromatic carbocycles. The van der Waals surface area contributed by atoms with Gasteiger partial charge in [0, 0.05) is 12.7 Å². The number of nitriles is 1. The Morgan fingerprint density at radius 2 is 2.00 bits per heavy atom. The minimum Gasteiger partial charge on any atom is -0.362 e. The summed E-state index contributed by atoms with van der Waals surface area (Å²) in [6, 6.07) is 15.7. The summed E-state index contributed by atoms with van der Waals surface area (Å²) >= 11 is 5.19. The quantitative estimate of drug-likeness (QED) is 0.844. The van der Waals surface area contributed by atoms with Crippen LogP contribution in [0.2, 0.25) is 0 Å². The molecule has 0 aliphatic rings. The number of nitrogens with one attached hydrogen (secondary N) is 2. The summed E-state index contributed by atoms with van der Waals surface area (Å²) in [6.45, 7) is 0.727. The molecule has 4 nitrogen and oxygen atoms in total. The van der Waals surface area contributed by atoms with Crippen molar-refractivity contribution >= 4 is 23.1 Å². The van der Waals surface area contributed by atoms with Crippen LogP contribution in [0.25, 0.3) is 0 Å². The average Bonchev–Trinajstić information content (AvgIpc) is 2.49. The molecule has 1 heterocycles. The third kappa shape index (κ3) is 4.04. The topological polar surface area (TPSA) is 60.7 Å². The fourth-order valence-corrected chi connectivity index (χ4v) is 1.91. The first-order valence-corrected chi connectivity index (χ1v) is 6.64. The summed E-state index contributed by atoms with van der Waals surface area (Å²) in [5.41, 5.74) is 1.72. The molecule has 0 radical (unpaired) electrons. The first-order chi connectivity index (χ1) is 9.79. The number of benzene rings is 1. The Kier molecular flexibility index (Phi) is 5.04. The molecule has 2 aromatic rings. The standard InChI is InChI=1S/C15H14N4S/c16-11-13-7-4-9-17-14(13)19-15(20)18-10-8-12-5-2-1-3-6-12/h1-7,9H,8,10H2,(H2,17,18,19,20). The zero-order chi connectivity index (χ0) is 14.2. The van der Waals surface area contributed by atoms with Gasteiger partial charge < -0.3 is 10.6 Å². The second-order valence-electron chi connectivity index (χ2n) is 4.13. The average molecular weight is 282 g/mol. The minimum atomic E-state index is 0.469.